The van der Waals surface area contributed by atoms with Gasteiger partial charge < -0.3 is 4.55 Å². The lowest BCUT2D eigenvalue weighted by Crippen LogP contribution is -1.98. The van der Waals surface area contributed by atoms with Crippen LogP contribution >= 0.6 is 12.0 Å². The first-order chi connectivity index (χ1) is 3.85. The van der Waals surface area contributed by atoms with Crippen LogP contribution in [-0.2, 0) is 0 Å². The highest BCUT2D eigenvalue weighted by Gasteiger charge is 2.00. The molecule has 0 saturated carbocycles. The molecule has 0 saturated heterocycles. The fourth-order valence-electron chi connectivity index (χ4n) is 0.630. The van der Waals surface area contributed by atoms with Gasteiger partial charge in [-0.3, -0.25) is 0 Å². The summed E-state index contributed by atoms with van der Waals surface area (Å²) in [6, 6.07) is 0. The molecule has 0 unspecified atom stereocenters. The Morgan fingerprint density at radius 1 is 1.38 bits per heavy atom. The fourth-order valence-corrected chi connectivity index (χ4v) is 1.31. The van der Waals surface area contributed by atoms with Gasteiger partial charge in [-0.05, 0) is 18.0 Å². The molecule has 0 heterocycles. The lowest BCUT2D eigenvalue weighted by molar-refractivity contribution is 0.541. The Balaban J connectivity index is 3.07. The van der Waals surface area contributed by atoms with Crippen molar-refractivity contribution in [1.29, 1.82) is 0 Å². The summed E-state index contributed by atoms with van der Waals surface area (Å²) in [4.78, 5) is 0. The summed E-state index contributed by atoms with van der Waals surface area (Å²) in [5.74, 6) is 1.61. The molecule has 0 spiro atoms. The smallest absolute Gasteiger partial charge is 0.0223 e. The first kappa shape index (κ1) is 8.31. The van der Waals surface area contributed by atoms with Gasteiger partial charge in [-0.2, -0.15) is 0 Å². The molecular formula is C6H14OS. The molecule has 0 rings (SSSR count). The third-order valence-electron chi connectivity index (χ3n) is 1.46. The normalized spacial score (nSPS) is 10.5. The van der Waals surface area contributed by atoms with Crippen LogP contribution in [0.15, 0.2) is 0 Å². The third-order valence-corrected chi connectivity index (χ3v) is 2.09. The van der Waals surface area contributed by atoms with Crippen LogP contribution in [0.3, 0.4) is 0 Å². The minimum absolute atomic E-state index is 0.713. The molecule has 0 fully saturated rings. The number of rotatable bonds is 4. The molecule has 0 aromatic carbocycles. The van der Waals surface area contributed by atoms with E-state index in [1.165, 1.54) is 12.8 Å². The SMILES string of the molecule is CCC(CC)CSO. The third kappa shape index (κ3) is 3.33. The molecule has 8 heavy (non-hydrogen) atoms. The Morgan fingerprint density at radius 3 is 2.00 bits per heavy atom. The quantitative estimate of drug-likeness (QED) is 0.596. The molecule has 0 aliphatic carbocycles. The van der Waals surface area contributed by atoms with Crippen LogP contribution in [0.1, 0.15) is 26.7 Å². The van der Waals surface area contributed by atoms with Crippen molar-refractivity contribution >= 4 is 12.0 Å². The van der Waals surface area contributed by atoms with Crippen molar-refractivity contribution in [2.75, 3.05) is 5.75 Å². The summed E-state index contributed by atoms with van der Waals surface area (Å²) in [5.41, 5.74) is 0. The summed E-state index contributed by atoms with van der Waals surface area (Å²) in [6.07, 6.45) is 2.37. The van der Waals surface area contributed by atoms with Crippen molar-refractivity contribution in [3.8, 4) is 0 Å². The van der Waals surface area contributed by atoms with E-state index < -0.39 is 0 Å². The molecule has 1 nitrogen and oxygen atoms in total. The minimum Gasteiger partial charge on any atom is -0.330 e. The molecule has 0 radical (unpaired) electrons. The van der Waals surface area contributed by atoms with Crippen molar-refractivity contribution in [2.24, 2.45) is 5.92 Å². The maximum Gasteiger partial charge on any atom is 0.0223 e. The molecule has 0 aliphatic heterocycles. The van der Waals surface area contributed by atoms with E-state index in [0.717, 1.165) is 17.8 Å². The Bertz CT molecular complexity index is 43.8. The van der Waals surface area contributed by atoms with Crippen molar-refractivity contribution < 1.29 is 4.55 Å². The first-order valence-electron chi connectivity index (χ1n) is 3.11. The summed E-state index contributed by atoms with van der Waals surface area (Å²) < 4.78 is 8.42. The van der Waals surface area contributed by atoms with E-state index in [0.29, 0.717) is 5.92 Å². The van der Waals surface area contributed by atoms with Gasteiger partial charge in [-0.15, -0.1) is 0 Å². The zero-order chi connectivity index (χ0) is 6.41. The Kier molecular flexibility index (Phi) is 5.66. The van der Waals surface area contributed by atoms with Gasteiger partial charge in [0.1, 0.15) is 0 Å². The molecule has 0 bridgehead atoms. The molecule has 0 aromatic heterocycles. The van der Waals surface area contributed by atoms with Crippen LogP contribution in [-0.4, -0.2) is 10.3 Å². The molecule has 0 aliphatic rings. The molecule has 0 aromatic rings. The predicted octanol–water partition coefficient (Wildman–Crippen LogP) is 2.63. The average molecular weight is 134 g/mol. The largest absolute Gasteiger partial charge is 0.330 e. The van der Waals surface area contributed by atoms with Gasteiger partial charge in [0, 0.05) is 5.75 Å². The van der Waals surface area contributed by atoms with Crippen molar-refractivity contribution in [1.82, 2.24) is 0 Å². The zero-order valence-corrected chi connectivity index (χ0v) is 6.37. The first-order valence-corrected chi connectivity index (χ1v) is 4.05. The summed E-state index contributed by atoms with van der Waals surface area (Å²) in [7, 11) is 0. The minimum atomic E-state index is 0.713. The number of hydrogen-bond acceptors (Lipinski definition) is 2. The summed E-state index contributed by atoms with van der Waals surface area (Å²) in [5, 5.41) is 0. The Labute approximate surface area is 55.7 Å². The highest BCUT2D eigenvalue weighted by molar-refractivity contribution is 7.93. The van der Waals surface area contributed by atoms with Crippen LogP contribution in [0.4, 0.5) is 0 Å². The van der Waals surface area contributed by atoms with Gasteiger partial charge >= 0.3 is 0 Å². The maximum atomic E-state index is 8.42. The van der Waals surface area contributed by atoms with Crippen molar-refractivity contribution in [3.05, 3.63) is 0 Å². The summed E-state index contributed by atoms with van der Waals surface area (Å²) in [6.45, 7) is 4.31. The van der Waals surface area contributed by atoms with E-state index in [4.69, 9.17) is 4.55 Å². The molecule has 1 N–H and O–H groups in total. The second-order valence-corrected chi connectivity index (χ2v) is 2.57. The molecular weight excluding hydrogens is 120 g/mol. The summed E-state index contributed by atoms with van der Waals surface area (Å²) >= 11 is 0.959. The van der Waals surface area contributed by atoms with Gasteiger partial charge in [0.2, 0.25) is 0 Å². The number of hydrogen-bond donors (Lipinski definition) is 1. The average Bonchev–Trinajstić information content (AvgIpc) is 1.83. The predicted molar refractivity (Wildman–Crippen MR) is 39.2 cm³/mol. The van der Waals surface area contributed by atoms with E-state index in [9.17, 15) is 0 Å². The van der Waals surface area contributed by atoms with Gasteiger partial charge in [0.05, 0.1) is 0 Å². The van der Waals surface area contributed by atoms with Gasteiger partial charge in [-0.25, -0.2) is 0 Å². The lowest BCUT2D eigenvalue weighted by Gasteiger charge is -2.06. The van der Waals surface area contributed by atoms with E-state index in [2.05, 4.69) is 13.8 Å². The van der Waals surface area contributed by atoms with E-state index in [1.54, 1.807) is 0 Å². The van der Waals surface area contributed by atoms with Crippen LogP contribution < -0.4 is 0 Å². The van der Waals surface area contributed by atoms with Gasteiger partial charge in [-0.1, -0.05) is 26.7 Å². The van der Waals surface area contributed by atoms with E-state index in [-0.39, 0.29) is 0 Å². The van der Waals surface area contributed by atoms with Gasteiger partial charge in [0.15, 0.2) is 0 Å². The van der Waals surface area contributed by atoms with Crippen LogP contribution in [0.5, 0.6) is 0 Å². The topological polar surface area (TPSA) is 20.2 Å². The van der Waals surface area contributed by atoms with Crippen molar-refractivity contribution in [3.63, 3.8) is 0 Å². The zero-order valence-electron chi connectivity index (χ0n) is 5.55. The Hall–Kier alpha value is 0.310. The van der Waals surface area contributed by atoms with Crippen LogP contribution in [0.2, 0.25) is 0 Å². The molecule has 50 valence electrons. The highest BCUT2D eigenvalue weighted by atomic mass is 32.2. The van der Waals surface area contributed by atoms with E-state index in [1.807, 2.05) is 0 Å². The standard InChI is InChI=1S/C6H14OS/c1-3-6(4-2)5-8-7/h6-7H,3-5H2,1-2H3. The highest BCUT2D eigenvalue weighted by Crippen LogP contribution is 2.11. The second kappa shape index (κ2) is 5.45. The van der Waals surface area contributed by atoms with Gasteiger partial charge in [0.25, 0.3) is 0 Å². The fraction of sp³-hybridized carbons (Fsp3) is 1.00. The molecule has 0 amide bonds. The molecule has 2 heteroatoms. The van der Waals surface area contributed by atoms with Crippen LogP contribution in [0.25, 0.3) is 0 Å². The van der Waals surface area contributed by atoms with Crippen molar-refractivity contribution in [2.45, 2.75) is 26.7 Å². The van der Waals surface area contributed by atoms with Crippen LogP contribution in [0, 0.1) is 5.92 Å². The maximum absolute atomic E-state index is 8.42. The monoisotopic (exact) mass is 134 g/mol. The Morgan fingerprint density at radius 2 is 1.88 bits per heavy atom. The van der Waals surface area contributed by atoms with E-state index >= 15 is 0 Å². The molecule has 0 atom stereocenters. The second-order valence-electron chi connectivity index (χ2n) is 1.98. The lowest BCUT2D eigenvalue weighted by atomic mass is 10.1.